The summed E-state index contributed by atoms with van der Waals surface area (Å²) in [5.74, 6) is -0.203. The Morgan fingerprint density at radius 2 is 2.44 bits per heavy atom. The zero-order valence-electron chi connectivity index (χ0n) is 10.6. The summed E-state index contributed by atoms with van der Waals surface area (Å²) < 4.78 is 0. The van der Waals surface area contributed by atoms with Crippen LogP contribution in [0.1, 0.15) is 32.6 Å². The van der Waals surface area contributed by atoms with E-state index < -0.39 is 0 Å². The maximum Gasteiger partial charge on any atom is 0.263 e. The Balaban J connectivity index is 1.94. The Labute approximate surface area is 110 Å². The van der Waals surface area contributed by atoms with E-state index in [1.54, 1.807) is 0 Å². The van der Waals surface area contributed by atoms with E-state index >= 15 is 0 Å². The predicted molar refractivity (Wildman–Crippen MR) is 74.2 cm³/mol. The van der Waals surface area contributed by atoms with Crippen molar-refractivity contribution >= 4 is 21.0 Å². The van der Waals surface area contributed by atoms with Gasteiger partial charge in [-0.25, -0.2) is 0 Å². The molecule has 2 N–H and O–H groups in total. The van der Waals surface area contributed by atoms with Crippen LogP contribution in [-0.4, -0.2) is 30.3 Å². The van der Waals surface area contributed by atoms with E-state index in [4.69, 9.17) is 4.84 Å². The van der Waals surface area contributed by atoms with Crippen LogP contribution in [0.5, 0.6) is 0 Å². The van der Waals surface area contributed by atoms with Gasteiger partial charge >= 0.3 is 0 Å². The molecule has 2 unspecified atom stereocenters. The zero-order chi connectivity index (χ0) is 13.0. The van der Waals surface area contributed by atoms with Crippen molar-refractivity contribution in [3.8, 4) is 0 Å². The molecular weight excluding hydrogens is 249 g/mol. The van der Waals surface area contributed by atoms with Gasteiger partial charge in [0.2, 0.25) is 0 Å². The third-order valence-corrected chi connectivity index (χ3v) is 3.79. The molecule has 18 heavy (non-hydrogen) atoms. The first-order valence-electron chi connectivity index (χ1n) is 6.33. The maximum atomic E-state index is 11.0. The third kappa shape index (κ3) is 3.30. The highest BCUT2D eigenvalue weighted by molar-refractivity contribution is 7.15. The molecule has 2 heterocycles. The van der Waals surface area contributed by atoms with Gasteiger partial charge in [0.25, 0.3) is 5.91 Å². The Hall–Kier alpha value is -0.930. The maximum absolute atomic E-state index is 11.0. The molecule has 1 fully saturated rings. The van der Waals surface area contributed by atoms with Crippen molar-refractivity contribution in [2.75, 3.05) is 6.61 Å². The van der Waals surface area contributed by atoms with E-state index in [9.17, 15) is 4.79 Å². The Morgan fingerprint density at radius 3 is 3.22 bits per heavy atom. The van der Waals surface area contributed by atoms with Gasteiger partial charge in [-0.1, -0.05) is 11.2 Å². The molecule has 2 aliphatic rings. The molecule has 5 nitrogen and oxygen atoms in total. The molecule has 6 heteroatoms. The van der Waals surface area contributed by atoms with Gasteiger partial charge in [0, 0.05) is 12.1 Å². The lowest BCUT2D eigenvalue weighted by atomic mass is 9.97. The largest absolute Gasteiger partial charge is 0.385 e. The second-order valence-electron chi connectivity index (χ2n) is 4.75. The molecule has 0 aromatic carbocycles. The van der Waals surface area contributed by atoms with E-state index in [0.717, 1.165) is 18.6 Å². The number of rotatable bonds is 4. The molecular formula is C12H20N3O2P. The molecule has 2 aliphatic heterocycles. The van der Waals surface area contributed by atoms with Gasteiger partial charge in [-0.15, -0.1) is 0 Å². The first kappa shape index (κ1) is 13.5. The summed E-state index contributed by atoms with van der Waals surface area (Å²) in [5.41, 5.74) is 2.09. The highest BCUT2D eigenvalue weighted by Gasteiger charge is 2.29. The summed E-state index contributed by atoms with van der Waals surface area (Å²) in [6.45, 7) is 1.89. The van der Waals surface area contributed by atoms with E-state index in [1.165, 1.54) is 18.4 Å². The molecule has 1 amide bonds. The minimum absolute atomic E-state index is 0.0468. The molecule has 0 radical (unpaired) electrons. The monoisotopic (exact) mass is 269 g/mol. The molecule has 0 spiro atoms. The van der Waals surface area contributed by atoms with Gasteiger partial charge in [0.05, 0.1) is 5.71 Å². The van der Waals surface area contributed by atoms with Gasteiger partial charge < -0.3 is 15.2 Å². The lowest BCUT2D eigenvalue weighted by molar-refractivity contribution is -0.123. The summed E-state index contributed by atoms with van der Waals surface area (Å²) in [6.07, 6.45) is 6.93. The summed E-state index contributed by atoms with van der Waals surface area (Å²) in [7, 11) is 2.14. The molecule has 0 aliphatic carbocycles. The number of nitrogens with zero attached hydrogens (tertiary/aromatic N) is 1. The molecule has 1 saturated heterocycles. The van der Waals surface area contributed by atoms with Gasteiger partial charge in [-0.3, -0.25) is 4.79 Å². The normalized spacial score (nSPS) is 27.4. The average molecular weight is 269 g/mol. The number of oxime groups is 1. The third-order valence-electron chi connectivity index (χ3n) is 3.47. The quantitative estimate of drug-likeness (QED) is 0.457. The average Bonchev–Trinajstić information content (AvgIpc) is 2.70. The van der Waals surface area contributed by atoms with E-state index in [2.05, 4.69) is 31.0 Å². The minimum atomic E-state index is -0.203. The first-order chi connectivity index (χ1) is 8.70. The number of carbonyl (C=O) groups excluding carboxylic acids is 1. The van der Waals surface area contributed by atoms with Crippen LogP contribution in [0.4, 0.5) is 0 Å². The number of fused-ring (bicyclic) bond motifs is 2. The fourth-order valence-corrected chi connectivity index (χ4v) is 2.64. The SMILES string of the molecule is C/C(=N\OCC(=O)NP)C1=CCC[C@H]2CCC1N2. The van der Waals surface area contributed by atoms with Crippen molar-refractivity contribution in [3.05, 3.63) is 11.6 Å². The van der Waals surface area contributed by atoms with Crippen molar-refractivity contribution in [1.82, 2.24) is 10.4 Å². The van der Waals surface area contributed by atoms with Gasteiger partial charge in [0.15, 0.2) is 6.61 Å². The van der Waals surface area contributed by atoms with Crippen LogP contribution in [0, 0.1) is 0 Å². The number of allylic oxidation sites excluding steroid dienone is 1. The molecule has 0 saturated carbocycles. The Bertz CT molecular complexity index is 382. The summed E-state index contributed by atoms with van der Waals surface area (Å²) in [6, 6.07) is 1.06. The molecule has 0 aromatic heterocycles. The number of hydrogen-bond acceptors (Lipinski definition) is 4. The van der Waals surface area contributed by atoms with E-state index in [0.29, 0.717) is 12.1 Å². The van der Waals surface area contributed by atoms with Gasteiger partial charge in [-0.05, 0) is 47.6 Å². The van der Waals surface area contributed by atoms with Crippen molar-refractivity contribution < 1.29 is 9.63 Å². The molecule has 100 valence electrons. The first-order valence-corrected chi connectivity index (χ1v) is 6.91. The van der Waals surface area contributed by atoms with Crippen molar-refractivity contribution in [2.24, 2.45) is 5.16 Å². The van der Waals surface area contributed by atoms with Gasteiger partial charge in [0.1, 0.15) is 0 Å². The van der Waals surface area contributed by atoms with Crippen LogP contribution < -0.4 is 10.4 Å². The van der Waals surface area contributed by atoms with Gasteiger partial charge in [-0.2, -0.15) is 0 Å². The van der Waals surface area contributed by atoms with Crippen LogP contribution in [0.25, 0.3) is 0 Å². The second kappa shape index (κ2) is 6.30. The number of hydrogen-bond donors (Lipinski definition) is 2. The lowest BCUT2D eigenvalue weighted by Crippen LogP contribution is -2.31. The predicted octanol–water partition coefficient (Wildman–Crippen LogP) is 1.13. The van der Waals surface area contributed by atoms with Crippen LogP contribution >= 0.6 is 9.39 Å². The summed E-state index contributed by atoms with van der Waals surface area (Å²) in [5, 5.41) is 10.1. The summed E-state index contributed by atoms with van der Waals surface area (Å²) in [4.78, 5) is 16.0. The Morgan fingerprint density at radius 1 is 1.61 bits per heavy atom. The van der Waals surface area contributed by atoms with Crippen LogP contribution in [0.15, 0.2) is 16.8 Å². The van der Waals surface area contributed by atoms with Crippen molar-refractivity contribution in [3.63, 3.8) is 0 Å². The second-order valence-corrected chi connectivity index (χ2v) is 5.04. The van der Waals surface area contributed by atoms with Crippen LogP contribution in [0.2, 0.25) is 0 Å². The smallest absolute Gasteiger partial charge is 0.263 e. The van der Waals surface area contributed by atoms with E-state index in [-0.39, 0.29) is 12.5 Å². The topological polar surface area (TPSA) is 62.7 Å². The van der Waals surface area contributed by atoms with E-state index in [1.807, 2.05) is 6.92 Å². The molecule has 2 bridgehead atoms. The van der Waals surface area contributed by atoms with Crippen molar-refractivity contribution in [2.45, 2.75) is 44.7 Å². The fourth-order valence-electron chi connectivity index (χ4n) is 2.56. The number of nitrogens with one attached hydrogen (secondary N) is 2. The summed E-state index contributed by atoms with van der Waals surface area (Å²) >= 11 is 0. The Kier molecular flexibility index (Phi) is 4.72. The van der Waals surface area contributed by atoms with Crippen LogP contribution in [0.3, 0.4) is 0 Å². The number of amides is 1. The highest BCUT2D eigenvalue weighted by Crippen LogP contribution is 2.26. The highest BCUT2D eigenvalue weighted by atomic mass is 31.0. The standard InChI is InChI=1S/C12H20N3O2P/c1-8(14-17-7-12(16)15-18)10-4-2-3-9-5-6-11(10)13-9/h4,9,11,13H,2-3,5-7,18H2,1H3,(H,15,16)/b14-8+/t9-,11?/m0/s1. The van der Waals surface area contributed by atoms with Crippen LogP contribution in [-0.2, 0) is 9.63 Å². The molecule has 2 rings (SSSR count). The fraction of sp³-hybridized carbons (Fsp3) is 0.667. The minimum Gasteiger partial charge on any atom is -0.385 e. The zero-order valence-corrected chi connectivity index (χ0v) is 11.8. The van der Waals surface area contributed by atoms with Crippen molar-refractivity contribution in [1.29, 1.82) is 0 Å². The lowest BCUT2D eigenvalue weighted by Gasteiger charge is -2.14. The molecule has 3 atom stereocenters. The number of carbonyl (C=O) groups is 1. The molecule has 0 aromatic rings.